The van der Waals surface area contributed by atoms with Crippen molar-refractivity contribution in [3.8, 4) is 0 Å². The summed E-state index contributed by atoms with van der Waals surface area (Å²) in [4.78, 5) is 38.9. The van der Waals surface area contributed by atoms with Crippen LogP contribution in [0.3, 0.4) is 0 Å². The highest BCUT2D eigenvalue weighted by Gasteiger charge is 2.21. The van der Waals surface area contributed by atoms with Gasteiger partial charge in [0.1, 0.15) is 0 Å². The predicted molar refractivity (Wildman–Crippen MR) is 76.7 cm³/mol. The summed E-state index contributed by atoms with van der Waals surface area (Å²) in [6, 6.07) is 6.62. The van der Waals surface area contributed by atoms with Crippen LogP contribution in [0.5, 0.6) is 0 Å². The Balaban J connectivity index is 2.20. The smallest absolute Gasteiger partial charge is 0.307 e. The lowest BCUT2D eigenvalue weighted by molar-refractivity contribution is -0.385. The summed E-state index contributed by atoms with van der Waals surface area (Å²) in [5, 5.41) is 10.8. The normalized spacial score (nSPS) is 9.95. The molecule has 0 aliphatic heterocycles. The highest BCUT2D eigenvalue weighted by atomic mass is 79.9. The van der Waals surface area contributed by atoms with Crippen molar-refractivity contribution < 1.29 is 9.72 Å². The summed E-state index contributed by atoms with van der Waals surface area (Å²) >= 11 is 3.20. The van der Waals surface area contributed by atoms with Crippen LogP contribution in [-0.2, 0) is 0 Å². The Morgan fingerprint density at radius 1 is 1.38 bits per heavy atom. The fourth-order valence-corrected chi connectivity index (χ4v) is 1.95. The van der Waals surface area contributed by atoms with E-state index < -0.39 is 22.1 Å². The van der Waals surface area contributed by atoms with E-state index in [2.05, 4.69) is 36.7 Å². The molecule has 0 spiro atoms. The minimum absolute atomic E-state index is 0.317. The molecule has 0 radical (unpaired) electrons. The van der Waals surface area contributed by atoms with Crippen molar-refractivity contribution in [1.82, 2.24) is 15.4 Å². The molecular weight excluding hydrogens is 346 g/mol. The Labute approximate surface area is 125 Å². The van der Waals surface area contributed by atoms with E-state index in [0.29, 0.717) is 10.0 Å². The summed E-state index contributed by atoms with van der Waals surface area (Å²) in [5.41, 5.74) is 3.11. The Morgan fingerprint density at radius 3 is 2.76 bits per heavy atom. The van der Waals surface area contributed by atoms with Crippen molar-refractivity contribution in [1.29, 1.82) is 0 Å². The van der Waals surface area contributed by atoms with Crippen LogP contribution in [0.4, 0.5) is 11.5 Å². The van der Waals surface area contributed by atoms with Gasteiger partial charge in [-0.25, -0.2) is 4.98 Å². The van der Waals surface area contributed by atoms with Gasteiger partial charge >= 0.3 is 11.2 Å². The number of halogens is 1. The molecule has 0 fully saturated rings. The number of hydrazine groups is 1. The van der Waals surface area contributed by atoms with E-state index in [4.69, 9.17) is 0 Å². The number of rotatable bonds is 4. The van der Waals surface area contributed by atoms with Gasteiger partial charge in [0.2, 0.25) is 5.82 Å². The summed E-state index contributed by atoms with van der Waals surface area (Å²) in [7, 11) is 0. The molecule has 0 atom stereocenters. The van der Waals surface area contributed by atoms with E-state index in [-0.39, 0.29) is 5.82 Å². The van der Waals surface area contributed by atoms with Crippen LogP contribution in [0.1, 0.15) is 10.4 Å². The van der Waals surface area contributed by atoms with E-state index in [9.17, 15) is 19.7 Å². The van der Waals surface area contributed by atoms with Crippen LogP contribution in [0.25, 0.3) is 0 Å². The van der Waals surface area contributed by atoms with Crippen molar-refractivity contribution in [3.63, 3.8) is 0 Å². The fraction of sp³-hybridized carbons (Fsp3) is 0. The number of anilines is 1. The number of carbonyl (C=O) groups is 1. The second kappa shape index (κ2) is 6.13. The zero-order valence-electron chi connectivity index (χ0n) is 10.3. The maximum Gasteiger partial charge on any atom is 0.377 e. The lowest BCUT2D eigenvalue weighted by atomic mass is 10.2. The standard InChI is InChI=1S/C11H8BrN5O4/c12-7-4-2-1-3-6(7)10(18)16-15-9-8(17(20)21)11(19)14-5-13-9/h1-5H,(H,16,18)(H2,13,14,15,19). The molecule has 0 saturated carbocycles. The first-order valence-electron chi connectivity index (χ1n) is 5.53. The number of hydrogen-bond acceptors (Lipinski definition) is 6. The van der Waals surface area contributed by atoms with Crippen LogP contribution < -0.4 is 16.4 Å². The van der Waals surface area contributed by atoms with Gasteiger partial charge in [0, 0.05) is 4.47 Å². The fourth-order valence-electron chi connectivity index (χ4n) is 1.48. The third-order valence-electron chi connectivity index (χ3n) is 2.42. The van der Waals surface area contributed by atoms with Crippen LogP contribution >= 0.6 is 15.9 Å². The molecule has 0 bridgehead atoms. The zero-order chi connectivity index (χ0) is 15.4. The topological polar surface area (TPSA) is 130 Å². The molecule has 1 aromatic carbocycles. The van der Waals surface area contributed by atoms with E-state index in [1.165, 1.54) is 0 Å². The lowest BCUT2D eigenvalue weighted by Crippen LogP contribution is -2.31. The number of nitro groups is 1. The van der Waals surface area contributed by atoms with Gasteiger partial charge in [-0.3, -0.25) is 30.6 Å². The second-order valence-electron chi connectivity index (χ2n) is 3.74. The monoisotopic (exact) mass is 353 g/mol. The Bertz CT molecular complexity index is 760. The number of aromatic amines is 1. The number of amides is 1. The van der Waals surface area contributed by atoms with Crippen LogP contribution in [-0.4, -0.2) is 20.8 Å². The predicted octanol–water partition coefficient (Wildman–Crippen LogP) is 1.20. The first-order chi connectivity index (χ1) is 10.0. The van der Waals surface area contributed by atoms with E-state index in [0.717, 1.165) is 6.33 Å². The number of nitrogens with zero attached hydrogens (tertiary/aromatic N) is 2. The van der Waals surface area contributed by atoms with Crippen molar-refractivity contribution >= 4 is 33.3 Å². The average Bonchev–Trinajstić information content (AvgIpc) is 2.44. The van der Waals surface area contributed by atoms with Gasteiger partial charge in [-0.2, -0.15) is 0 Å². The lowest BCUT2D eigenvalue weighted by Gasteiger charge is -2.08. The maximum atomic E-state index is 11.9. The molecule has 2 rings (SSSR count). The van der Waals surface area contributed by atoms with Gasteiger partial charge in [0.15, 0.2) is 0 Å². The van der Waals surface area contributed by atoms with Gasteiger partial charge in [-0.15, -0.1) is 0 Å². The van der Waals surface area contributed by atoms with Crippen LogP contribution in [0.2, 0.25) is 0 Å². The molecule has 1 aromatic heterocycles. The molecule has 2 aromatic rings. The quantitative estimate of drug-likeness (QED) is 0.559. The number of hydrogen-bond donors (Lipinski definition) is 3. The zero-order valence-corrected chi connectivity index (χ0v) is 11.9. The molecule has 3 N–H and O–H groups in total. The summed E-state index contributed by atoms with van der Waals surface area (Å²) < 4.78 is 0.553. The Kier molecular flexibility index (Phi) is 4.28. The van der Waals surface area contributed by atoms with Crippen LogP contribution in [0.15, 0.2) is 39.9 Å². The van der Waals surface area contributed by atoms with E-state index in [1.807, 2.05) is 0 Å². The second-order valence-corrected chi connectivity index (χ2v) is 4.60. The third-order valence-corrected chi connectivity index (χ3v) is 3.12. The van der Waals surface area contributed by atoms with E-state index in [1.54, 1.807) is 24.3 Å². The maximum absolute atomic E-state index is 11.9. The minimum Gasteiger partial charge on any atom is -0.307 e. The number of carbonyl (C=O) groups excluding carboxylic acids is 1. The average molecular weight is 354 g/mol. The summed E-state index contributed by atoms with van der Waals surface area (Å²) in [6.07, 6.45) is 0.988. The van der Waals surface area contributed by atoms with Gasteiger partial charge < -0.3 is 4.98 Å². The minimum atomic E-state index is -0.923. The van der Waals surface area contributed by atoms with E-state index >= 15 is 0 Å². The number of H-pyrrole nitrogens is 1. The molecule has 9 nitrogen and oxygen atoms in total. The molecule has 10 heteroatoms. The van der Waals surface area contributed by atoms with Gasteiger partial charge in [0.25, 0.3) is 5.91 Å². The molecule has 0 aliphatic rings. The van der Waals surface area contributed by atoms with Gasteiger partial charge in [-0.1, -0.05) is 12.1 Å². The molecular formula is C11H8BrN5O4. The molecule has 1 heterocycles. The third kappa shape index (κ3) is 3.23. The highest BCUT2D eigenvalue weighted by molar-refractivity contribution is 9.10. The molecule has 1 amide bonds. The highest BCUT2D eigenvalue weighted by Crippen LogP contribution is 2.16. The summed E-state index contributed by atoms with van der Waals surface area (Å²) in [6.45, 7) is 0. The first kappa shape index (κ1) is 14.7. The number of nitrogens with one attached hydrogen (secondary N) is 3. The van der Waals surface area contributed by atoms with Crippen molar-refractivity contribution in [3.05, 3.63) is 61.1 Å². The molecule has 108 valence electrons. The Morgan fingerprint density at radius 2 is 2.10 bits per heavy atom. The first-order valence-corrected chi connectivity index (χ1v) is 6.33. The largest absolute Gasteiger partial charge is 0.377 e. The van der Waals surface area contributed by atoms with Crippen molar-refractivity contribution in [2.75, 3.05) is 5.43 Å². The molecule has 21 heavy (non-hydrogen) atoms. The molecule has 0 saturated heterocycles. The number of benzene rings is 1. The van der Waals surface area contributed by atoms with Gasteiger partial charge in [-0.05, 0) is 28.1 Å². The number of aromatic nitrogens is 2. The Hall–Kier alpha value is -2.75. The van der Waals surface area contributed by atoms with Gasteiger partial charge in [0.05, 0.1) is 16.8 Å². The SMILES string of the molecule is O=C(NNc1nc[nH]c(=O)c1[N+](=O)[O-])c1ccccc1Br. The van der Waals surface area contributed by atoms with Crippen molar-refractivity contribution in [2.45, 2.75) is 0 Å². The molecule has 0 aliphatic carbocycles. The van der Waals surface area contributed by atoms with Crippen molar-refractivity contribution in [2.24, 2.45) is 0 Å². The van der Waals surface area contributed by atoms with Crippen LogP contribution in [0, 0.1) is 10.1 Å². The summed E-state index contributed by atoms with van der Waals surface area (Å²) in [5.74, 6) is -0.900. The molecule has 0 unspecified atom stereocenters.